The van der Waals surface area contributed by atoms with Gasteiger partial charge in [-0.25, -0.2) is 0 Å². The molecule has 1 N–H and O–H groups in total. The average molecular weight is 241 g/mol. The van der Waals surface area contributed by atoms with Crippen LogP contribution in [0.25, 0.3) is 11.0 Å². The first-order valence-electron chi connectivity index (χ1n) is 5.97. The number of furan rings is 1. The van der Waals surface area contributed by atoms with Gasteiger partial charge in [0.05, 0.1) is 12.0 Å². The van der Waals surface area contributed by atoms with E-state index in [2.05, 4.69) is 16.5 Å². The van der Waals surface area contributed by atoms with Gasteiger partial charge >= 0.3 is 0 Å². The number of aryl methyl sites for hydroxylation is 1. The second kappa shape index (κ2) is 4.66. The first-order chi connectivity index (χ1) is 8.83. The van der Waals surface area contributed by atoms with Crippen LogP contribution >= 0.6 is 0 Å². The van der Waals surface area contributed by atoms with E-state index in [0.29, 0.717) is 0 Å². The Labute approximate surface area is 105 Å². The maximum atomic E-state index is 5.50. The predicted molar refractivity (Wildman–Crippen MR) is 70.0 cm³/mol. The molecule has 2 aromatic heterocycles. The lowest BCUT2D eigenvalue weighted by Crippen LogP contribution is -2.13. The van der Waals surface area contributed by atoms with Gasteiger partial charge in [0.15, 0.2) is 0 Å². The van der Waals surface area contributed by atoms with E-state index < -0.39 is 0 Å². The minimum atomic E-state index is 0.764. The summed E-state index contributed by atoms with van der Waals surface area (Å²) in [6.45, 7) is 1.55. The highest BCUT2D eigenvalue weighted by Crippen LogP contribution is 2.20. The van der Waals surface area contributed by atoms with Crippen molar-refractivity contribution >= 4 is 11.0 Å². The van der Waals surface area contributed by atoms with E-state index in [4.69, 9.17) is 4.42 Å². The van der Waals surface area contributed by atoms with Crippen LogP contribution in [0.15, 0.2) is 47.2 Å². The van der Waals surface area contributed by atoms with Crippen LogP contribution in [-0.4, -0.2) is 9.78 Å². The molecule has 0 radical (unpaired) electrons. The molecule has 18 heavy (non-hydrogen) atoms. The highest BCUT2D eigenvalue weighted by Gasteiger charge is 2.04. The van der Waals surface area contributed by atoms with E-state index in [0.717, 1.165) is 24.4 Å². The molecule has 1 aromatic carbocycles. The summed E-state index contributed by atoms with van der Waals surface area (Å²) in [6, 6.07) is 10.1. The van der Waals surface area contributed by atoms with Crippen LogP contribution in [0, 0.1) is 0 Å². The van der Waals surface area contributed by atoms with Crippen molar-refractivity contribution < 1.29 is 4.42 Å². The van der Waals surface area contributed by atoms with Crippen LogP contribution in [-0.2, 0) is 20.1 Å². The maximum absolute atomic E-state index is 5.50. The highest BCUT2D eigenvalue weighted by molar-refractivity contribution is 5.80. The zero-order valence-electron chi connectivity index (χ0n) is 10.3. The lowest BCUT2D eigenvalue weighted by molar-refractivity contribution is 0.599. The second-order valence-electron chi connectivity index (χ2n) is 4.34. The van der Waals surface area contributed by atoms with Crippen molar-refractivity contribution in [1.82, 2.24) is 15.1 Å². The molecule has 0 bridgehead atoms. The lowest BCUT2D eigenvalue weighted by atomic mass is 10.2. The molecule has 92 valence electrons. The highest BCUT2D eigenvalue weighted by atomic mass is 16.3. The number of nitrogens with zero attached hydrogens (tertiary/aromatic N) is 2. The van der Waals surface area contributed by atoms with Gasteiger partial charge in [-0.05, 0) is 12.1 Å². The third-order valence-electron chi connectivity index (χ3n) is 2.95. The van der Waals surface area contributed by atoms with Gasteiger partial charge < -0.3 is 9.73 Å². The van der Waals surface area contributed by atoms with Crippen molar-refractivity contribution in [2.45, 2.75) is 13.1 Å². The minimum Gasteiger partial charge on any atom is -0.464 e. The zero-order valence-corrected chi connectivity index (χ0v) is 10.3. The molecule has 0 aliphatic rings. The van der Waals surface area contributed by atoms with Gasteiger partial charge in [-0.1, -0.05) is 18.2 Å². The fraction of sp³-hybridized carbons (Fsp3) is 0.214. The van der Waals surface area contributed by atoms with E-state index in [1.165, 1.54) is 10.9 Å². The molecule has 3 rings (SSSR count). The molecule has 0 aliphatic heterocycles. The predicted octanol–water partition coefficient (Wildman–Crippen LogP) is 2.46. The Morgan fingerprint density at radius 1 is 1.22 bits per heavy atom. The molecule has 4 nitrogen and oxygen atoms in total. The topological polar surface area (TPSA) is 43.0 Å². The molecule has 2 heterocycles. The Bertz CT molecular complexity index is 654. The van der Waals surface area contributed by atoms with Crippen LogP contribution in [0.5, 0.6) is 0 Å². The normalized spacial score (nSPS) is 11.2. The third-order valence-corrected chi connectivity index (χ3v) is 2.95. The van der Waals surface area contributed by atoms with Gasteiger partial charge in [-0.15, -0.1) is 0 Å². The lowest BCUT2D eigenvalue weighted by Gasteiger charge is -2.00. The van der Waals surface area contributed by atoms with E-state index in [9.17, 15) is 0 Å². The summed E-state index contributed by atoms with van der Waals surface area (Å²) in [4.78, 5) is 0. The minimum absolute atomic E-state index is 0.764. The van der Waals surface area contributed by atoms with Gasteiger partial charge in [0, 0.05) is 37.3 Å². The van der Waals surface area contributed by atoms with E-state index in [1.54, 1.807) is 0 Å². The summed E-state index contributed by atoms with van der Waals surface area (Å²) >= 11 is 0. The average Bonchev–Trinajstić information content (AvgIpc) is 2.97. The van der Waals surface area contributed by atoms with Crippen LogP contribution in [0.2, 0.25) is 0 Å². The molecule has 0 fully saturated rings. The van der Waals surface area contributed by atoms with Crippen molar-refractivity contribution in [3.63, 3.8) is 0 Å². The summed E-state index contributed by atoms with van der Waals surface area (Å²) in [6.07, 6.45) is 3.76. The standard InChI is InChI=1S/C14H15N3O/c1-17-7-6-12(16-17)9-15-8-11-10-18-14-5-3-2-4-13(11)14/h2-7,10,15H,8-9H2,1H3. The van der Waals surface area contributed by atoms with Crippen molar-refractivity contribution in [2.24, 2.45) is 7.05 Å². The third kappa shape index (κ3) is 2.15. The zero-order chi connectivity index (χ0) is 12.4. The number of hydrogen-bond acceptors (Lipinski definition) is 3. The van der Waals surface area contributed by atoms with Gasteiger partial charge in [0.1, 0.15) is 5.58 Å². The first-order valence-corrected chi connectivity index (χ1v) is 5.97. The number of nitrogens with one attached hydrogen (secondary N) is 1. The second-order valence-corrected chi connectivity index (χ2v) is 4.34. The quantitative estimate of drug-likeness (QED) is 0.763. The molecule has 3 aromatic rings. The van der Waals surface area contributed by atoms with Crippen LogP contribution < -0.4 is 5.32 Å². The molecular formula is C14H15N3O. The Balaban J connectivity index is 1.66. The molecule has 0 aliphatic carbocycles. The fourth-order valence-electron chi connectivity index (χ4n) is 2.05. The smallest absolute Gasteiger partial charge is 0.134 e. The Morgan fingerprint density at radius 3 is 2.94 bits per heavy atom. The van der Waals surface area contributed by atoms with Crippen molar-refractivity contribution in [3.05, 3.63) is 54.0 Å². The molecular weight excluding hydrogens is 226 g/mol. The van der Waals surface area contributed by atoms with Gasteiger partial charge in [-0.3, -0.25) is 4.68 Å². The van der Waals surface area contributed by atoms with Crippen molar-refractivity contribution in [1.29, 1.82) is 0 Å². The van der Waals surface area contributed by atoms with Crippen LogP contribution in [0.3, 0.4) is 0 Å². The van der Waals surface area contributed by atoms with Gasteiger partial charge in [-0.2, -0.15) is 5.10 Å². The Hall–Kier alpha value is -2.07. The monoisotopic (exact) mass is 241 g/mol. The van der Waals surface area contributed by atoms with E-state index in [-0.39, 0.29) is 0 Å². The Morgan fingerprint density at radius 2 is 2.11 bits per heavy atom. The summed E-state index contributed by atoms with van der Waals surface area (Å²) in [5.74, 6) is 0. The molecule has 0 atom stereocenters. The number of aromatic nitrogens is 2. The largest absolute Gasteiger partial charge is 0.464 e. The van der Waals surface area contributed by atoms with Crippen LogP contribution in [0.1, 0.15) is 11.3 Å². The number of hydrogen-bond donors (Lipinski definition) is 1. The summed E-state index contributed by atoms with van der Waals surface area (Å²) in [5, 5.41) is 8.87. The number of rotatable bonds is 4. The maximum Gasteiger partial charge on any atom is 0.134 e. The van der Waals surface area contributed by atoms with E-state index in [1.807, 2.05) is 48.5 Å². The number of benzene rings is 1. The van der Waals surface area contributed by atoms with Crippen molar-refractivity contribution in [3.8, 4) is 0 Å². The summed E-state index contributed by atoms with van der Waals surface area (Å²) in [5.41, 5.74) is 3.17. The summed E-state index contributed by atoms with van der Waals surface area (Å²) < 4.78 is 7.31. The SMILES string of the molecule is Cn1ccc(CNCc2coc3ccccc23)n1. The number of fused-ring (bicyclic) bond motifs is 1. The van der Waals surface area contributed by atoms with E-state index >= 15 is 0 Å². The molecule has 0 saturated heterocycles. The van der Waals surface area contributed by atoms with Crippen molar-refractivity contribution in [2.75, 3.05) is 0 Å². The van der Waals surface area contributed by atoms with Crippen LogP contribution in [0.4, 0.5) is 0 Å². The molecule has 0 saturated carbocycles. The molecule has 4 heteroatoms. The molecule has 0 spiro atoms. The molecule has 0 amide bonds. The fourth-order valence-corrected chi connectivity index (χ4v) is 2.05. The summed E-state index contributed by atoms with van der Waals surface area (Å²) in [7, 11) is 1.92. The van der Waals surface area contributed by atoms with Gasteiger partial charge in [0.2, 0.25) is 0 Å². The Kier molecular flexibility index (Phi) is 2.86. The van der Waals surface area contributed by atoms with Gasteiger partial charge in [0.25, 0.3) is 0 Å². The first kappa shape index (κ1) is 11.0. The number of para-hydroxylation sites is 1. The molecule has 0 unspecified atom stereocenters.